The van der Waals surface area contributed by atoms with Crippen molar-refractivity contribution in [1.29, 1.82) is 0 Å². The van der Waals surface area contributed by atoms with Gasteiger partial charge in [-0.25, -0.2) is 9.59 Å². The smallest absolute Gasteiger partial charge is 0.326 e. The molecule has 5 nitrogen and oxygen atoms in total. The number of rotatable bonds is 3. The summed E-state index contributed by atoms with van der Waals surface area (Å²) < 4.78 is 0. The van der Waals surface area contributed by atoms with Gasteiger partial charge in [0.1, 0.15) is 6.04 Å². The minimum absolute atomic E-state index is 0.130. The van der Waals surface area contributed by atoms with Gasteiger partial charge in [0.15, 0.2) is 0 Å². The summed E-state index contributed by atoms with van der Waals surface area (Å²) in [5.41, 5.74) is 0. The van der Waals surface area contributed by atoms with Crippen molar-refractivity contribution in [2.75, 3.05) is 13.1 Å². The van der Waals surface area contributed by atoms with Gasteiger partial charge in [0, 0.05) is 13.1 Å². The van der Waals surface area contributed by atoms with Crippen LogP contribution < -0.4 is 5.32 Å². The zero-order valence-corrected chi connectivity index (χ0v) is 10.0. The van der Waals surface area contributed by atoms with E-state index >= 15 is 0 Å². The number of nitrogens with zero attached hydrogens (tertiary/aromatic N) is 1. The number of nitrogens with one attached hydrogen (secondary N) is 1. The molecule has 1 saturated heterocycles. The molecule has 1 aliphatic carbocycles. The molecule has 0 radical (unpaired) electrons. The fraction of sp³-hybridized carbons (Fsp3) is 0.833. The molecule has 2 fully saturated rings. The van der Waals surface area contributed by atoms with E-state index < -0.39 is 12.0 Å². The van der Waals surface area contributed by atoms with Crippen LogP contribution in [0.2, 0.25) is 0 Å². The molecule has 0 aromatic rings. The lowest BCUT2D eigenvalue weighted by Crippen LogP contribution is -2.56. The highest BCUT2D eigenvalue weighted by atomic mass is 16.4. The van der Waals surface area contributed by atoms with Crippen LogP contribution in [-0.2, 0) is 4.79 Å². The topological polar surface area (TPSA) is 69.6 Å². The van der Waals surface area contributed by atoms with E-state index in [2.05, 4.69) is 5.32 Å². The van der Waals surface area contributed by atoms with Gasteiger partial charge in [0.2, 0.25) is 0 Å². The van der Waals surface area contributed by atoms with Crippen LogP contribution in [-0.4, -0.2) is 41.1 Å². The number of urea groups is 1. The summed E-state index contributed by atoms with van der Waals surface area (Å²) >= 11 is 0. The van der Waals surface area contributed by atoms with E-state index in [0.717, 1.165) is 32.1 Å². The summed E-state index contributed by atoms with van der Waals surface area (Å²) in [6.45, 7) is 1.23. The van der Waals surface area contributed by atoms with Gasteiger partial charge >= 0.3 is 12.0 Å². The van der Waals surface area contributed by atoms with Crippen molar-refractivity contribution in [1.82, 2.24) is 10.2 Å². The molecule has 2 rings (SSSR count). The summed E-state index contributed by atoms with van der Waals surface area (Å²) in [5.74, 6) is -0.723. The van der Waals surface area contributed by atoms with Crippen molar-refractivity contribution in [3.63, 3.8) is 0 Å². The second kappa shape index (κ2) is 5.38. The Morgan fingerprint density at radius 1 is 1.29 bits per heavy atom. The molecule has 0 bridgehead atoms. The Morgan fingerprint density at radius 2 is 2.00 bits per heavy atom. The molecule has 1 heterocycles. The predicted octanol–water partition coefficient (Wildman–Crippen LogP) is 1.44. The normalized spacial score (nSPS) is 24.2. The van der Waals surface area contributed by atoms with Crippen molar-refractivity contribution in [3.05, 3.63) is 0 Å². The standard InChI is InChI=1S/C12H20N2O3/c15-11(16)10(9-5-2-1-3-6-9)14-8-4-7-13-12(14)17/h9-10H,1-8H2,(H,13,17)(H,15,16). The summed E-state index contributed by atoms with van der Waals surface area (Å²) in [5, 5.41) is 12.1. The number of aliphatic carboxylic acids is 1. The van der Waals surface area contributed by atoms with Gasteiger partial charge < -0.3 is 15.3 Å². The van der Waals surface area contributed by atoms with E-state index in [9.17, 15) is 14.7 Å². The van der Waals surface area contributed by atoms with Crippen LogP contribution in [0.3, 0.4) is 0 Å². The minimum Gasteiger partial charge on any atom is -0.480 e. The lowest BCUT2D eigenvalue weighted by Gasteiger charge is -2.38. The third-order valence-corrected chi connectivity index (χ3v) is 3.80. The Balaban J connectivity index is 2.09. The maximum absolute atomic E-state index is 11.7. The summed E-state index contributed by atoms with van der Waals surface area (Å²) in [6, 6.07) is -0.843. The minimum atomic E-state index is -0.853. The molecule has 2 amide bonds. The number of carboxylic acids is 1. The van der Waals surface area contributed by atoms with E-state index in [0.29, 0.717) is 13.1 Å². The Morgan fingerprint density at radius 3 is 2.59 bits per heavy atom. The Bertz CT molecular complexity index is 300. The number of hydrogen-bond acceptors (Lipinski definition) is 2. The summed E-state index contributed by atoms with van der Waals surface area (Å²) in [6.07, 6.45) is 6.06. The van der Waals surface area contributed by atoms with Crippen molar-refractivity contribution in [3.8, 4) is 0 Å². The van der Waals surface area contributed by atoms with E-state index in [-0.39, 0.29) is 11.9 Å². The Kier molecular flexibility index (Phi) is 3.86. The molecule has 2 aliphatic rings. The van der Waals surface area contributed by atoms with E-state index in [1.807, 2.05) is 0 Å². The van der Waals surface area contributed by atoms with Crippen molar-refractivity contribution in [2.24, 2.45) is 5.92 Å². The fourth-order valence-electron chi connectivity index (χ4n) is 2.95. The molecule has 17 heavy (non-hydrogen) atoms. The van der Waals surface area contributed by atoms with Gasteiger partial charge in [-0.1, -0.05) is 19.3 Å². The van der Waals surface area contributed by atoms with E-state index in [1.165, 1.54) is 11.3 Å². The SMILES string of the molecule is O=C(O)C(C1CCCCC1)N1CCCNC1=O. The van der Waals surface area contributed by atoms with Crippen molar-refractivity contribution < 1.29 is 14.7 Å². The first-order chi connectivity index (χ1) is 8.20. The van der Waals surface area contributed by atoms with Crippen molar-refractivity contribution >= 4 is 12.0 Å². The maximum Gasteiger partial charge on any atom is 0.326 e. The zero-order chi connectivity index (χ0) is 12.3. The highest BCUT2D eigenvalue weighted by Gasteiger charge is 2.37. The number of carboxylic acid groups (broad SMARTS) is 1. The van der Waals surface area contributed by atoms with Gasteiger partial charge in [-0.15, -0.1) is 0 Å². The lowest BCUT2D eigenvalue weighted by molar-refractivity contribution is -0.145. The predicted molar refractivity (Wildman–Crippen MR) is 62.7 cm³/mol. The van der Waals surface area contributed by atoms with Gasteiger partial charge in [-0.3, -0.25) is 0 Å². The van der Waals surface area contributed by atoms with Crippen LogP contribution in [0.4, 0.5) is 4.79 Å². The lowest BCUT2D eigenvalue weighted by atomic mass is 9.83. The number of hydrogen-bond donors (Lipinski definition) is 2. The third-order valence-electron chi connectivity index (χ3n) is 3.80. The zero-order valence-electron chi connectivity index (χ0n) is 10.0. The first-order valence-corrected chi connectivity index (χ1v) is 6.47. The molecule has 5 heteroatoms. The Labute approximate surface area is 101 Å². The number of amides is 2. The second-order valence-electron chi connectivity index (χ2n) is 4.96. The molecule has 1 atom stereocenters. The van der Waals surface area contributed by atoms with Gasteiger partial charge in [-0.05, 0) is 25.2 Å². The molecular weight excluding hydrogens is 220 g/mol. The number of carbonyl (C=O) groups excluding carboxylic acids is 1. The molecule has 0 spiro atoms. The molecule has 0 aromatic heterocycles. The van der Waals surface area contributed by atoms with E-state index in [1.54, 1.807) is 0 Å². The average Bonchev–Trinajstić information content (AvgIpc) is 2.33. The monoisotopic (exact) mass is 240 g/mol. The first-order valence-electron chi connectivity index (χ1n) is 6.47. The maximum atomic E-state index is 11.7. The first kappa shape index (κ1) is 12.2. The average molecular weight is 240 g/mol. The molecule has 0 aromatic carbocycles. The fourth-order valence-corrected chi connectivity index (χ4v) is 2.95. The highest BCUT2D eigenvalue weighted by molar-refractivity contribution is 5.83. The Hall–Kier alpha value is -1.26. The van der Waals surface area contributed by atoms with Crippen LogP contribution in [0, 0.1) is 5.92 Å². The molecule has 1 unspecified atom stereocenters. The third kappa shape index (κ3) is 2.70. The molecule has 1 saturated carbocycles. The molecule has 2 N–H and O–H groups in total. The molecule has 96 valence electrons. The second-order valence-corrected chi connectivity index (χ2v) is 4.96. The summed E-state index contributed by atoms with van der Waals surface area (Å²) in [7, 11) is 0. The number of carbonyl (C=O) groups is 2. The molecule has 1 aliphatic heterocycles. The van der Waals surface area contributed by atoms with E-state index in [4.69, 9.17) is 0 Å². The van der Waals surface area contributed by atoms with Gasteiger partial charge in [0.25, 0.3) is 0 Å². The molecular formula is C12H20N2O3. The van der Waals surface area contributed by atoms with Crippen molar-refractivity contribution in [2.45, 2.75) is 44.6 Å². The van der Waals surface area contributed by atoms with Gasteiger partial charge in [0.05, 0.1) is 0 Å². The largest absolute Gasteiger partial charge is 0.480 e. The van der Waals surface area contributed by atoms with Gasteiger partial charge in [-0.2, -0.15) is 0 Å². The quantitative estimate of drug-likeness (QED) is 0.784. The van der Waals surface area contributed by atoms with Crippen LogP contribution >= 0.6 is 0 Å². The van der Waals surface area contributed by atoms with Crippen LogP contribution in [0.5, 0.6) is 0 Å². The van der Waals surface area contributed by atoms with Crippen LogP contribution in [0.15, 0.2) is 0 Å². The summed E-state index contributed by atoms with van der Waals surface area (Å²) in [4.78, 5) is 24.7. The van der Waals surface area contributed by atoms with Crippen LogP contribution in [0.25, 0.3) is 0 Å². The van der Waals surface area contributed by atoms with Crippen LogP contribution in [0.1, 0.15) is 38.5 Å². The highest BCUT2D eigenvalue weighted by Crippen LogP contribution is 2.29.